The average Bonchev–Trinajstić information content (AvgIpc) is 1.35. The molecule has 0 N–H and O–H groups in total. The van der Waals surface area contributed by atoms with Crippen LogP contribution in [0, 0.1) is 11.0 Å². The minimum atomic E-state index is -1.85. The smallest absolute Gasteiger partial charge is 0.205 e. The zero-order chi connectivity index (χ0) is 5.21. The van der Waals surface area contributed by atoms with Crippen molar-refractivity contribution in [2.45, 2.75) is 13.1 Å². The van der Waals surface area contributed by atoms with Crippen LogP contribution >= 0.6 is 11.1 Å². The van der Waals surface area contributed by atoms with Crippen LogP contribution in [0.5, 0.6) is 0 Å². The first kappa shape index (κ1) is 6.00. The molecular formula is C3H6ClNSi. The Morgan fingerprint density at radius 3 is 1.83 bits per heavy atom. The molecule has 3 heteroatoms. The molecule has 0 aromatic carbocycles. The molecule has 0 aromatic heterocycles. The minimum Gasteiger partial charge on any atom is -0.205 e. The second kappa shape index (κ2) is 1.63. The lowest BCUT2D eigenvalue weighted by molar-refractivity contribution is 1.55. The van der Waals surface area contributed by atoms with Crippen LogP contribution in [0.3, 0.4) is 0 Å². The van der Waals surface area contributed by atoms with Crippen molar-refractivity contribution in [1.82, 2.24) is 0 Å². The summed E-state index contributed by atoms with van der Waals surface area (Å²) in [5.74, 6) is 0. The molecule has 0 saturated heterocycles. The van der Waals surface area contributed by atoms with Gasteiger partial charge in [-0.15, -0.1) is 11.1 Å². The van der Waals surface area contributed by atoms with E-state index in [0.717, 1.165) is 0 Å². The van der Waals surface area contributed by atoms with Crippen molar-refractivity contribution >= 4 is 18.5 Å². The van der Waals surface area contributed by atoms with E-state index in [4.69, 9.17) is 16.3 Å². The van der Waals surface area contributed by atoms with Crippen LogP contribution in [0.15, 0.2) is 0 Å². The van der Waals surface area contributed by atoms with Crippen LogP contribution in [0.2, 0.25) is 13.1 Å². The Hall–Kier alpha value is -0.00312. The third kappa shape index (κ3) is 4.00. The minimum absolute atomic E-state index is 1.79. The van der Waals surface area contributed by atoms with E-state index < -0.39 is 7.38 Å². The Balaban J connectivity index is 3.55. The van der Waals surface area contributed by atoms with Gasteiger partial charge in [-0.25, -0.2) is 5.26 Å². The summed E-state index contributed by atoms with van der Waals surface area (Å²) in [5.41, 5.74) is 2.01. The molecule has 0 atom stereocenters. The molecular weight excluding hydrogens is 114 g/mol. The number of halogens is 1. The van der Waals surface area contributed by atoms with Gasteiger partial charge in [-0.2, -0.15) is 0 Å². The molecule has 0 heterocycles. The highest BCUT2D eigenvalue weighted by atomic mass is 35.6. The van der Waals surface area contributed by atoms with E-state index in [0.29, 0.717) is 0 Å². The van der Waals surface area contributed by atoms with Gasteiger partial charge in [0.05, 0.1) is 0 Å². The number of nitriles is 1. The third-order valence-electron chi connectivity index (χ3n) is 0.266. The third-order valence-corrected chi connectivity index (χ3v) is 1.05. The van der Waals surface area contributed by atoms with Crippen LogP contribution in [0.25, 0.3) is 0 Å². The summed E-state index contributed by atoms with van der Waals surface area (Å²) < 4.78 is 0. The van der Waals surface area contributed by atoms with Gasteiger partial charge >= 0.3 is 0 Å². The normalized spacial score (nSPS) is 10.3. The van der Waals surface area contributed by atoms with Gasteiger partial charge in [0.1, 0.15) is 0 Å². The molecule has 0 unspecified atom stereocenters. The zero-order valence-electron chi connectivity index (χ0n) is 3.83. The van der Waals surface area contributed by atoms with Gasteiger partial charge in [0, 0.05) is 5.69 Å². The number of hydrogen-bond donors (Lipinski definition) is 0. The van der Waals surface area contributed by atoms with Crippen LogP contribution in [-0.4, -0.2) is 7.38 Å². The van der Waals surface area contributed by atoms with Crippen molar-refractivity contribution in [3.63, 3.8) is 0 Å². The Morgan fingerprint density at radius 1 is 1.67 bits per heavy atom. The van der Waals surface area contributed by atoms with Gasteiger partial charge in [-0.1, -0.05) is 0 Å². The number of rotatable bonds is 0. The van der Waals surface area contributed by atoms with Crippen molar-refractivity contribution < 1.29 is 0 Å². The quantitative estimate of drug-likeness (QED) is 0.350. The van der Waals surface area contributed by atoms with Crippen molar-refractivity contribution in [2.75, 3.05) is 0 Å². The van der Waals surface area contributed by atoms with E-state index in [2.05, 4.69) is 0 Å². The highest BCUT2D eigenvalue weighted by Crippen LogP contribution is 2.02. The fourth-order valence-corrected chi connectivity index (χ4v) is 0. The highest BCUT2D eigenvalue weighted by Gasteiger charge is 2.14. The summed E-state index contributed by atoms with van der Waals surface area (Å²) in [5, 5.41) is 8.08. The molecule has 6 heavy (non-hydrogen) atoms. The molecule has 0 aromatic rings. The molecule has 0 aliphatic heterocycles. The van der Waals surface area contributed by atoms with Crippen LogP contribution < -0.4 is 0 Å². The first-order valence-corrected chi connectivity index (χ1v) is 5.67. The zero-order valence-corrected chi connectivity index (χ0v) is 5.58. The summed E-state index contributed by atoms with van der Waals surface area (Å²) in [6.45, 7) is 3.57. The monoisotopic (exact) mass is 119 g/mol. The highest BCUT2D eigenvalue weighted by molar-refractivity contribution is 7.23. The summed E-state index contributed by atoms with van der Waals surface area (Å²) in [6.07, 6.45) is 0. The van der Waals surface area contributed by atoms with Crippen LogP contribution in [0.1, 0.15) is 0 Å². The maximum Gasteiger partial charge on any atom is 0.262 e. The largest absolute Gasteiger partial charge is 0.262 e. The Morgan fingerprint density at radius 2 is 1.83 bits per heavy atom. The predicted octanol–water partition coefficient (Wildman–Crippen LogP) is 1.49. The summed E-state index contributed by atoms with van der Waals surface area (Å²) in [6, 6.07) is 0. The van der Waals surface area contributed by atoms with Gasteiger partial charge in [-0.05, 0) is 13.1 Å². The summed E-state index contributed by atoms with van der Waals surface area (Å²) >= 11 is 5.50. The topological polar surface area (TPSA) is 23.8 Å². The van der Waals surface area contributed by atoms with Gasteiger partial charge in [0.15, 0.2) is 0 Å². The van der Waals surface area contributed by atoms with Gasteiger partial charge in [0.2, 0.25) is 0 Å². The van der Waals surface area contributed by atoms with E-state index in [1.807, 2.05) is 5.69 Å². The molecule has 0 bridgehead atoms. The van der Waals surface area contributed by atoms with Crippen molar-refractivity contribution in [2.24, 2.45) is 0 Å². The molecule has 1 nitrogen and oxygen atoms in total. The summed E-state index contributed by atoms with van der Waals surface area (Å²) in [7, 11) is -1.85. The van der Waals surface area contributed by atoms with Gasteiger partial charge in [0.25, 0.3) is 7.38 Å². The maximum atomic E-state index is 8.08. The first-order chi connectivity index (χ1) is 2.56. The van der Waals surface area contributed by atoms with E-state index in [1.165, 1.54) is 0 Å². The predicted molar refractivity (Wildman–Crippen MR) is 28.9 cm³/mol. The molecule has 0 saturated carbocycles. The Bertz CT molecular complexity index is 77.8. The SMILES string of the molecule is C[Si](C)(Cl)C#N. The van der Waals surface area contributed by atoms with E-state index in [-0.39, 0.29) is 0 Å². The summed E-state index contributed by atoms with van der Waals surface area (Å²) in [4.78, 5) is 0. The van der Waals surface area contributed by atoms with Gasteiger partial charge in [-0.3, -0.25) is 0 Å². The molecule has 0 aliphatic rings. The second-order valence-corrected chi connectivity index (χ2v) is 7.59. The van der Waals surface area contributed by atoms with E-state index in [9.17, 15) is 0 Å². The first-order valence-electron chi connectivity index (χ1n) is 1.66. The maximum absolute atomic E-state index is 8.08. The van der Waals surface area contributed by atoms with Crippen molar-refractivity contribution in [3.8, 4) is 5.69 Å². The molecule has 0 radical (unpaired) electrons. The van der Waals surface area contributed by atoms with Crippen LogP contribution in [0.4, 0.5) is 0 Å². The molecule has 0 spiro atoms. The van der Waals surface area contributed by atoms with Crippen LogP contribution in [-0.2, 0) is 0 Å². The fraction of sp³-hybridized carbons (Fsp3) is 0.667. The Labute approximate surface area is 43.3 Å². The van der Waals surface area contributed by atoms with Crippen molar-refractivity contribution in [1.29, 1.82) is 5.26 Å². The second-order valence-electron chi connectivity index (χ2n) is 1.58. The number of hydrogen-bond acceptors (Lipinski definition) is 1. The molecule has 0 fully saturated rings. The average molecular weight is 120 g/mol. The molecule has 0 amide bonds. The molecule has 34 valence electrons. The van der Waals surface area contributed by atoms with Gasteiger partial charge < -0.3 is 0 Å². The lowest BCUT2D eigenvalue weighted by Gasteiger charge is -1.92. The molecule has 0 aliphatic carbocycles. The standard InChI is InChI=1S/C3H6ClNSi/c1-6(2,4)3-5/h1-2H3. The Kier molecular flexibility index (Phi) is 1.63. The lowest BCUT2D eigenvalue weighted by atomic mass is 11.7. The van der Waals surface area contributed by atoms with Crippen molar-refractivity contribution in [3.05, 3.63) is 0 Å². The van der Waals surface area contributed by atoms with E-state index >= 15 is 0 Å². The van der Waals surface area contributed by atoms with E-state index in [1.54, 1.807) is 13.1 Å². The lowest BCUT2D eigenvalue weighted by Crippen LogP contribution is -2.11. The fourth-order valence-electron chi connectivity index (χ4n) is 0. The number of nitrogens with zero attached hydrogens (tertiary/aromatic N) is 1. The molecule has 0 rings (SSSR count).